The molecular formula is C14H8BrF3N2. The van der Waals surface area contributed by atoms with Crippen LogP contribution < -0.4 is 5.32 Å². The summed E-state index contributed by atoms with van der Waals surface area (Å²) in [6, 6.07) is 11.9. The van der Waals surface area contributed by atoms with E-state index in [0.717, 1.165) is 16.6 Å². The molecule has 0 saturated carbocycles. The van der Waals surface area contributed by atoms with E-state index in [0.29, 0.717) is 11.4 Å². The third kappa shape index (κ3) is 3.11. The minimum atomic E-state index is -4.46. The highest BCUT2D eigenvalue weighted by Gasteiger charge is 2.31. The lowest BCUT2D eigenvalue weighted by molar-refractivity contribution is -0.137. The number of anilines is 2. The Balaban J connectivity index is 2.39. The molecule has 0 atom stereocenters. The summed E-state index contributed by atoms with van der Waals surface area (Å²) in [5.41, 5.74) is 0.0958. The van der Waals surface area contributed by atoms with Crippen LogP contribution in [0, 0.1) is 11.3 Å². The van der Waals surface area contributed by atoms with Gasteiger partial charge >= 0.3 is 6.18 Å². The highest BCUT2D eigenvalue weighted by atomic mass is 79.9. The standard InChI is InChI=1S/C14H8BrF3N2/c15-11-3-1-2-4-13(11)20-12-6-5-10(14(16,17)18)7-9(12)8-19/h1-7,20H. The van der Waals surface area contributed by atoms with Crippen LogP contribution in [0.15, 0.2) is 46.9 Å². The molecule has 0 aromatic heterocycles. The van der Waals surface area contributed by atoms with Gasteiger partial charge in [-0.15, -0.1) is 0 Å². The maximum Gasteiger partial charge on any atom is 0.416 e. The fourth-order valence-electron chi connectivity index (χ4n) is 1.63. The summed E-state index contributed by atoms with van der Waals surface area (Å²) in [5.74, 6) is 0. The molecule has 2 aromatic rings. The van der Waals surface area contributed by atoms with E-state index < -0.39 is 11.7 Å². The molecule has 2 rings (SSSR count). The number of halogens is 4. The zero-order valence-corrected chi connectivity index (χ0v) is 11.6. The van der Waals surface area contributed by atoms with Crippen LogP contribution in [0.4, 0.5) is 24.5 Å². The molecule has 1 N–H and O–H groups in total. The Kier molecular flexibility index (Phi) is 4.00. The van der Waals surface area contributed by atoms with E-state index in [4.69, 9.17) is 5.26 Å². The topological polar surface area (TPSA) is 35.8 Å². The second-order valence-corrected chi connectivity index (χ2v) is 4.83. The Morgan fingerprint density at radius 2 is 1.75 bits per heavy atom. The fraction of sp³-hybridized carbons (Fsp3) is 0.0714. The predicted octanol–water partition coefficient (Wildman–Crippen LogP) is 5.08. The number of hydrogen-bond donors (Lipinski definition) is 1. The summed E-state index contributed by atoms with van der Waals surface area (Å²) in [5, 5.41) is 11.9. The molecule has 2 aromatic carbocycles. The molecule has 6 heteroatoms. The first-order chi connectivity index (χ1) is 9.41. The van der Waals surface area contributed by atoms with Gasteiger partial charge in [-0.25, -0.2) is 0 Å². The summed E-state index contributed by atoms with van der Waals surface area (Å²) in [6.07, 6.45) is -4.46. The summed E-state index contributed by atoms with van der Waals surface area (Å²) < 4.78 is 38.5. The van der Waals surface area contributed by atoms with E-state index in [9.17, 15) is 13.2 Å². The molecule has 0 radical (unpaired) electrons. The van der Waals surface area contributed by atoms with Crippen molar-refractivity contribution in [1.29, 1.82) is 5.26 Å². The van der Waals surface area contributed by atoms with Gasteiger partial charge in [0, 0.05) is 4.47 Å². The zero-order valence-electron chi connectivity index (χ0n) is 10.0. The van der Waals surface area contributed by atoms with Gasteiger partial charge in [-0.2, -0.15) is 18.4 Å². The zero-order chi connectivity index (χ0) is 14.8. The molecule has 0 fully saturated rings. The number of para-hydroxylation sites is 1. The Morgan fingerprint density at radius 3 is 2.35 bits per heavy atom. The Labute approximate surface area is 122 Å². The third-order valence-corrected chi connectivity index (χ3v) is 3.30. The quantitative estimate of drug-likeness (QED) is 0.827. The molecule has 2 nitrogen and oxygen atoms in total. The molecule has 0 spiro atoms. The molecule has 0 aliphatic heterocycles. The lowest BCUT2D eigenvalue weighted by Crippen LogP contribution is -2.06. The normalized spacial score (nSPS) is 10.9. The SMILES string of the molecule is N#Cc1cc(C(F)(F)F)ccc1Nc1ccccc1Br. The number of benzene rings is 2. The number of rotatable bonds is 2. The van der Waals surface area contributed by atoms with Gasteiger partial charge in [0.25, 0.3) is 0 Å². The number of nitriles is 1. The van der Waals surface area contributed by atoms with Crippen LogP contribution >= 0.6 is 15.9 Å². The molecule has 20 heavy (non-hydrogen) atoms. The second kappa shape index (κ2) is 5.55. The molecule has 0 saturated heterocycles. The van der Waals surface area contributed by atoms with E-state index in [1.165, 1.54) is 6.07 Å². The highest BCUT2D eigenvalue weighted by molar-refractivity contribution is 9.10. The minimum absolute atomic E-state index is 0.0596. The summed E-state index contributed by atoms with van der Waals surface area (Å²) >= 11 is 3.32. The molecule has 102 valence electrons. The summed E-state index contributed by atoms with van der Waals surface area (Å²) in [6.45, 7) is 0. The fourth-order valence-corrected chi connectivity index (χ4v) is 2.01. The van der Waals surface area contributed by atoms with Crippen molar-refractivity contribution in [1.82, 2.24) is 0 Å². The Bertz CT molecular complexity index is 675. The minimum Gasteiger partial charge on any atom is -0.354 e. The molecule has 0 amide bonds. The van der Waals surface area contributed by atoms with Crippen LogP contribution in [0.1, 0.15) is 11.1 Å². The smallest absolute Gasteiger partial charge is 0.354 e. The first-order valence-electron chi connectivity index (χ1n) is 5.54. The lowest BCUT2D eigenvalue weighted by Gasteiger charge is -2.12. The van der Waals surface area contributed by atoms with Gasteiger partial charge in [0.2, 0.25) is 0 Å². The number of nitrogens with one attached hydrogen (secondary N) is 1. The van der Waals surface area contributed by atoms with E-state index in [2.05, 4.69) is 21.2 Å². The van der Waals surface area contributed by atoms with Gasteiger partial charge in [0.15, 0.2) is 0 Å². The monoisotopic (exact) mass is 340 g/mol. The van der Waals surface area contributed by atoms with Crippen LogP contribution in [-0.4, -0.2) is 0 Å². The van der Waals surface area contributed by atoms with Crippen molar-refractivity contribution in [3.05, 3.63) is 58.1 Å². The first-order valence-corrected chi connectivity index (χ1v) is 6.34. The van der Waals surface area contributed by atoms with Gasteiger partial charge in [-0.3, -0.25) is 0 Å². The van der Waals surface area contributed by atoms with Crippen molar-refractivity contribution in [3.63, 3.8) is 0 Å². The molecule has 0 aliphatic carbocycles. The van der Waals surface area contributed by atoms with Crippen molar-refractivity contribution >= 4 is 27.3 Å². The highest BCUT2D eigenvalue weighted by Crippen LogP contribution is 2.33. The van der Waals surface area contributed by atoms with Crippen LogP contribution in [0.5, 0.6) is 0 Å². The second-order valence-electron chi connectivity index (χ2n) is 3.97. The Hall–Kier alpha value is -2.00. The third-order valence-electron chi connectivity index (χ3n) is 2.61. The maximum absolute atomic E-state index is 12.6. The average molecular weight is 341 g/mol. The molecule has 0 aliphatic rings. The largest absolute Gasteiger partial charge is 0.416 e. The lowest BCUT2D eigenvalue weighted by atomic mass is 10.1. The maximum atomic E-state index is 12.6. The number of alkyl halides is 3. The van der Waals surface area contributed by atoms with Crippen LogP contribution in [-0.2, 0) is 6.18 Å². The van der Waals surface area contributed by atoms with Crippen LogP contribution in [0.2, 0.25) is 0 Å². The van der Waals surface area contributed by atoms with E-state index in [-0.39, 0.29) is 5.56 Å². The summed E-state index contributed by atoms with van der Waals surface area (Å²) in [7, 11) is 0. The molecule has 0 bridgehead atoms. The summed E-state index contributed by atoms with van der Waals surface area (Å²) in [4.78, 5) is 0. The van der Waals surface area contributed by atoms with Crippen molar-refractivity contribution in [3.8, 4) is 6.07 Å². The van der Waals surface area contributed by atoms with E-state index >= 15 is 0 Å². The first kappa shape index (κ1) is 14.4. The number of hydrogen-bond acceptors (Lipinski definition) is 2. The van der Waals surface area contributed by atoms with Crippen molar-refractivity contribution in [2.45, 2.75) is 6.18 Å². The Morgan fingerprint density at radius 1 is 1.05 bits per heavy atom. The van der Waals surface area contributed by atoms with Crippen molar-refractivity contribution < 1.29 is 13.2 Å². The number of nitrogens with zero attached hydrogens (tertiary/aromatic N) is 1. The average Bonchev–Trinajstić information content (AvgIpc) is 2.40. The van der Waals surface area contributed by atoms with Crippen molar-refractivity contribution in [2.24, 2.45) is 0 Å². The van der Waals surface area contributed by atoms with Gasteiger partial charge in [0.1, 0.15) is 6.07 Å². The van der Waals surface area contributed by atoms with E-state index in [1.807, 2.05) is 6.07 Å². The van der Waals surface area contributed by atoms with Gasteiger partial charge in [-0.1, -0.05) is 12.1 Å². The van der Waals surface area contributed by atoms with Crippen LogP contribution in [0.3, 0.4) is 0 Å². The predicted molar refractivity (Wildman–Crippen MR) is 73.6 cm³/mol. The molecule has 0 heterocycles. The van der Waals surface area contributed by atoms with E-state index in [1.54, 1.807) is 24.3 Å². The molecular weight excluding hydrogens is 333 g/mol. The van der Waals surface area contributed by atoms with Crippen molar-refractivity contribution in [2.75, 3.05) is 5.32 Å². The van der Waals surface area contributed by atoms with Gasteiger partial charge < -0.3 is 5.32 Å². The van der Waals surface area contributed by atoms with Gasteiger partial charge in [0.05, 0.1) is 22.5 Å². The molecule has 0 unspecified atom stereocenters. The van der Waals surface area contributed by atoms with Crippen LogP contribution in [0.25, 0.3) is 0 Å². The van der Waals surface area contributed by atoms with Gasteiger partial charge in [-0.05, 0) is 46.3 Å².